The summed E-state index contributed by atoms with van der Waals surface area (Å²) in [4.78, 5) is 25.9. The molecule has 8 heteroatoms. The molecule has 0 bridgehead atoms. The smallest absolute Gasteiger partial charge is 0.278 e. The molecule has 7 nitrogen and oxygen atoms in total. The maximum absolute atomic E-state index is 13.8. The van der Waals surface area contributed by atoms with Crippen LogP contribution in [0.5, 0.6) is 0 Å². The Hall–Kier alpha value is -3.42. The molecular weight excluding hydrogens is 484 g/mol. The molecule has 2 aliphatic heterocycles. The number of aromatic nitrogens is 3. The highest BCUT2D eigenvalue weighted by atomic mass is 35.5. The van der Waals surface area contributed by atoms with Gasteiger partial charge in [-0.1, -0.05) is 60.1 Å². The predicted octanol–water partition coefficient (Wildman–Crippen LogP) is 4.39. The number of pyridine rings is 1. The Morgan fingerprint density at radius 2 is 1.68 bits per heavy atom. The third kappa shape index (κ3) is 4.16. The summed E-state index contributed by atoms with van der Waals surface area (Å²) in [5, 5.41) is 7.08. The third-order valence-electron chi connectivity index (χ3n) is 8.06. The molecule has 1 N–H and O–H groups in total. The lowest BCUT2D eigenvalue weighted by molar-refractivity contribution is 0.292. The molecule has 0 amide bonds. The van der Waals surface area contributed by atoms with Gasteiger partial charge >= 0.3 is 0 Å². The second kappa shape index (κ2) is 9.15. The summed E-state index contributed by atoms with van der Waals surface area (Å²) < 4.78 is 1.75. The number of piperidine rings is 1. The van der Waals surface area contributed by atoms with Crippen molar-refractivity contribution < 1.29 is 0 Å². The van der Waals surface area contributed by atoms with Crippen LogP contribution in [0.15, 0.2) is 71.7 Å². The van der Waals surface area contributed by atoms with Crippen LogP contribution in [0, 0.1) is 11.8 Å². The molecule has 2 unspecified atom stereocenters. The second-order valence-corrected chi connectivity index (χ2v) is 10.9. The zero-order valence-electron chi connectivity index (χ0n) is 20.6. The van der Waals surface area contributed by atoms with Crippen LogP contribution < -0.4 is 15.9 Å². The number of anilines is 1. The first kappa shape index (κ1) is 22.8. The summed E-state index contributed by atoms with van der Waals surface area (Å²) in [6, 6.07) is 20.4. The van der Waals surface area contributed by atoms with Crippen molar-refractivity contribution in [1.82, 2.24) is 19.5 Å². The van der Waals surface area contributed by atoms with E-state index in [0.717, 1.165) is 56.5 Å². The molecule has 2 aromatic heterocycles. The maximum Gasteiger partial charge on any atom is 0.278 e. The molecular formula is C29H29ClN6O. The van der Waals surface area contributed by atoms with Crippen LogP contribution >= 0.6 is 11.6 Å². The van der Waals surface area contributed by atoms with Crippen molar-refractivity contribution >= 4 is 28.6 Å². The third-order valence-corrected chi connectivity index (χ3v) is 8.39. The van der Waals surface area contributed by atoms with E-state index in [1.807, 2.05) is 36.5 Å². The summed E-state index contributed by atoms with van der Waals surface area (Å²) in [7, 11) is 0. The molecule has 188 valence electrons. The quantitative estimate of drug-likeness (QED) is 0.413. The van der Waals surface area contributed by atoms with E-state index < -0.39 is 0 Å². The van der Waals surface area contributed by atoms with Gasteiger partial charge in [0.05, 0.1) is 5.56 Å². The molecule has 2 atom stereocenters. The Kier molecular flexibility index (Phi) is 5.63. The van der Waals surface area contributed by atoms with Crippen molar-refractivity contribution in [2.24, 2.45) is 11.8 Å². The Morgan fingerprint density at radius 3 is 2.43 bits per heavy atom. The van der Waals surface area contributed by atoms with E-state index >= 15 is 0 Å². The zero-order valence-corrected chi connectivity index (χ0v) is 21.3. The van der Waals surface area contributed by atoms with Crippen LogP contribution in [0.1, 0.15) is 18.4 Å². The summed E-state index contributed by atoms with van der Waals surface area (Å²) in [5.41, 5.74) is 3.23. The van der Waals surface area contributed by atoms with Crippen LogP contribution in [-0.2, 0) is 6.54 Å². The summed E-state index contributed by atoms with van der Waals surface area (Å²) >= 11 is 6.48. The Balaban J connectivity index is 1.16. The molecule has 3 fully saturated rings. The summed E-state index contributed by atoms with van der Waals surface area (Å²) in [5.74, 6) is 1.83. The van der Waals surface area contributed by atoms with Crippen molar-refractivity contribution in [3.63, 3.8) is 0 Å². The first-order valence-corrected chi connectivity index (χ1v) is 13.5. The highest BCUT2D eigenvalue weighted by Gasteiger charge is 2.55. The molecule has 7 rings (SSSR count). The molecule has 0 radical (unpaired) electrons. The number of likely N-dealkylation sites (tertiary alicyclic amines) is 1. The van der Waals surface area contributed by atoms with Gasteiger partial charge in [-0.05, 0) is 42.4 Å². The van der Waals surface area contributed by atoms with E-state index in [1.165, 1.54) is 5.56 Å². The summed E-state index contributed by atoms with van der Waals surface area (Å²) in [6.45, 7) is 4.84. The number of fused-ring (bicyclic) bond motifs is 2. The van der Waals surface area contributed by atoms with Gasteiger partial charge in [-0.2, -0.15) is 4.98 Å². The minimum atomic E-state index is -0.0907. The topological polar surface area (TPSA) is 66.3 Å². The highest BCUT2D eigenvalue weighted by Crippen LogP contribution is 2.47. The highest BCUT2D eigenvalue weighted by molar-refractivity contribution is 6.33. The molecule has 4 heterocycles. The molecule has 2 saturated heterocycles. The van der Waals surface area contributed by atoms with Gasteiger partial charge in [0.1, 0.15) is 0 Å². The normalized spacial score (nSPS) is 22.9. The molecule has 37 heavy (non-hydrogen) atoms. The van der Waals surface area contributed by atoms with Gasteiger partial charge in [-0.25, -0.2) is 9.66 Å². The van der Waals surface area contributed by atoms with Gasteiger partial charge in [0.2, 0.25) is 5.95 Å². The lowest BCUT2D eigenvalue weighted by Gasteiger charge is -2.23. The van der Waals surface area contributed by atoms with E-state index in [4.69, 9.17) is 16.6 Å². The van der Waals surface area contributed by atoms with Crippen molar-refractivity contribution in [2.45, 2.75) is 25.4 Å². The first-order chi connectivity index (χ1) is 18.2. The van der Waals surface area contributed by atoms with Gasteiger partial charge in [-0.15, -0.1) is 0 Å². The van der Waals surface area contributed by atoms with Crippen LogP contribution in [0.3, 0.4) is 0 Å². The number of rotatable bonds is 6. The van der Waals surface area contributed by atoms with Gasteiger partial charge < -0.3 is 10.3 Å². The molecule has 4 aromatic rings. The number of hydrogen-bond donors (Lipinski definition) is 1. The fraction of sp³-hybridized carbons (Fsp3) is 0.345. The predicted molar refractivity (Wildman–Crippen MR) is 148 cm³/mol. The number of halogens is 1. The fourth-order valence-corrected chi connectivity index (χ4v) is 6.37. The number of nitrogens with one attached hydrogen (secondary N) is 1. The van der Waals surface area contributed by atoms with E-state index in [0.29, 0.717) is 40.1 Å². The molecule has 0 spiro atoms. The number of benzene rings is 2. The molecule has 2 aromatic carbocycles. The standard InChI is InChI=1S/C29H29ClN6O/c30-25-11-5-4-10-21(25)22-14-20-15-31-29(33-27(20)36(28(22)37)35-12-6-7-13-35)32-26-23-17-34(18-24(23)26)16-19-8-2-1-3-9-19/h1-5,8-11,14-15,23-24,26H,6-7,12-13,16-18H2,(H,31,32,33). The second-order valence-electron chi connectivity index (χ2n) is 10.5. The zero-order chi connectivity index (χ0) is 24.9. The van der Waals surface area contributed by atoms with Crippen LogP contribution in [-0.4, -0.2) is 51.8 Å². The fourth-order valence-electron chi connectivity index (χ4n) is 6.13. The Labute approximate surface area is 220 Å². The van der Waals surface area contributed by atoms with Crippen molar-refractivity contribution in [1.29, 1.82) is 0 Å². The van der Waals surface area contributed by atoms with Gasteiger partial charge in [0.15, 0.2) is 5.65 Å². The minimum absolute atomic E-state index is 0.0907. The molecule has 3 aliphatic rings. The maximum atomic E-state index is 13.8. The van der Waals surface area contributed by atoms with Gasteiger partial charge in [0, 0.05) is 60.9 Å². The monoisotopic (exact) mass is 512 g/mol. The van der Waals surface area contributed by atoms with Crippen LogP contribution in [0.25, 0.3) is 22.2 Å². The van der Waals surface area contributed by atoms with E-state index in [-0.39, 0.29) is 5.56 Å². The van der Waals surface area contributed by atoms with Gasteiger partial charge in [0.25, 0.3) is 5.56 Å². The van der Waals surface area contributed by atoms with E-state index in [1.54, 1.807) is 4.68 Å². The molecule has 1 aliphatic carbocycles. The van der Waals surface area contributed by atoms with Gasteiger partial charge in [-0.3, -0.25) is 9.69 Å². The average molecular weight is 513 g/mol. The van der Waals surface area contributed by atoms with Crippen molar-refractivity contribution in [2.75, 3.05) is 36.5 Å². The number of nitrogens with zero attached hydrogens (tertiary/aromatic N) is 5. The first-order valence-electron chi connectivity index (χ1n) is 13.1. The van der Waals surface area contributed by atoms with Crippen LogP contribution in [0.4, 0.5) is 5.95 Å². The largest absolute Gasteiger partial charge is 0.351 e. The van der Waals surface area contributed by atoms with E-state index in [9.17, 15) is 4.79 Å². The Morgan fingerprint density at radius 1 is 0.946 bits per heavy atom. The number of hydrogen-bond acceptors (Lipinski definition) is 6. The van der Waals surface area contributed by atoms with Crippen LogP contribution in [0.2, 0.25) is 5.02 Å². The average Bonchev–Trinajstić information content (AvgIpc) is 3.28. The summed E-state index contributed by atoms with van der Waals surface area (Å²) in [6.07, 6.45) is 3.95. The lowest BCUT2D eigenvalue weighted by Crippen LogP contribution is -2.41. The van der Waals surface area contributed by atoms with E-state index in [2.05, 4.69) is 50.5 Å². The van der Waals surface area contributed by atoms with Crippen molar-refractivity contribution in [3.8, 4) is 11.1 Å². The SMILES string of the molecule is O=c1c(-c2ccccc2Cl)cc2cnc(NC3C4CN(Cc5ccccc5)CC43)nc2n1N1CCCC1. The lowest BCUT2D eigenvalue weighted by atomic mass is 10.1. The molecule has 1 saturated carbocycles. The Bertz CT molecular complexity index is 1500. The van der Waals surface area contributed by atoms with Crippen molar-refractivity contribution in [3.05, 3.63) is 87.8 Å². The minimum Gasteiger partial charge on any atom is -0.351 e.